The number of ketones is 1. The first-order valence-corrected chi connectivity index (χ1v) is 7.42. The second-order valence-corrected chi connectivity index (χ2v) is 5.83. The molecule has 0 N–H and O–H groups in total. The highest BCUT2D eigenvalue weighted by molar-refractivity contribution is 7.99. The Labute approximate surface area is 115 Å². The van der Waals surface area contributed by atoms with Crippen molar-refractivity contribution >= 4 is 40.7 Å². The first kappa shape index (κ1) is 13.4. The number of amides is 1. The van der Waals surface area contributed by atoms with Gasteiger partial charge in [-0.1, -0.05) is 18.5 Å². The minimum atomic E-state index is -0.448. The van der Waals surface area contributed by atoms with Crippen LogP contribution in [0.1, 0.15) is 23.7 Å². The summed E-state index contributed by atoms with van der Waals surface area (Å²) >= 11 is 7.68. The standard InChI is InChI=1S/C13H14ClNO2S/c1-2-18-7-3-6-15-11-5-4-9(14)8-10(11)12(16)13(15)17/h4-5,8H,2-3,6-7H2,1H3. The van der Waals surface area contributed by atoms with Gasteiger partial charge in [0.2, 0.25) is 0 Å². The van der Waals surface area contributed by atoms with Gasteiger partial charge in [-0.05, 0) is 36.1 Å². The van der Waals surface area contributed by atoms with E-state index in [1.807, 2.05) is 11.8 Å². The molecule has 0 atom stereocenters. The summed E-state index contributed by atoms with van der Waals surface area (Å²) < 4.78 is 0. The molecule has 0 bridgehead atoms. The maximum atomic E-state index is 11.9. The Morgan fingerprint density at radius 2 is 2.11 bits per heavy atom. The van der Waals surface area contributed by atoms with Crippen LogP contribution < -0.4 is 4.90 Å². The van der Waals surface area contributed by atoms with Crippen molar-refractivity contribution in [3.63, 3.8) is 0 Å². The van der Waals surface area contributed by atoms with Crippen molar-refractivity contribution in [2.24, 2.45) is 0 Å². The largest absolute Gasteiger partial charge is 0.305 e. The highest BCUT2D eigenvalue weighted by Crippen LogP contribution is 2.31. The third-order valence-electron chi connectivity index (χ3n) is 2.81. The Morgan fingerprint density at radius 1 is 1.33 bits per heavy atom. The van der Waals surface area contributed by atoms with E-state index < -0.39 is 11.7 Å². The first-order valence-electron chi connectivity index (χ1n) is 5.88. The van der Waals surface area contributed by atoms with E-state index in [0.29, 0.717) is 22.8 Å². The van der Waals surface area contributed by atoms with Crippen LogP contribution in [0.15, 0.2) is 18.2 Å². The van der Waals surface area contributed by atoms with Crippen LogP contribution in [-0.2, 0) is 4.79 Å². The van der Waals surface area contributed by atoms with Crippen LogP contribution in [0.3, 0.4) is 0 Å². The molecule has 0 fully saturated rings. The van der Waals surface area contributed by atoms with E-state index >= 15 is 0 Å². The van der Waals surface area contributed by atoms with Crippen LogP contribution in [0.2, 0.25) is 5.02 Å². The molecule has 1 aliphatic heterocycles. The molecule has 0 aliphatic carbocycles. The van der Waals surface area contributed by atoms with E-state index in [1.54, 1.807) is 23.1 Å². The van der Waals surface area contributed by atoms with Gasteiger partial charge < -0.3 is 4.90 Å². The first-order chi connectivity index (χ1) is 8.65. The molecule has 1 heterocycles. The number of fused-ring (bicyclic) bond motifs is 1. The summed E-state index contributed by atoms with van der Waals surface area (Å²) in [5, 5.41) is 0.485. The monoisotopic (exact) mass is 283 g/mol. The molecule has 1 aromatic carbocycles. The van der Waals surface area contributed by atoms with E-state index in [-0.39, 0.29) is 0 Å². The minimum Gasteiger partial charge on any atom is -0.305 e. The number of nitrogens with zero attached hydrogens (tertiary/aromatic N) is 1. The molecule has 0 saturated heterocycles. The van der Waals surface area contributed by atoms with E-state index in [0.717, 1.165) is 17.9 Å². The lowest BCUT2D eigenvalue weighted by atomic mass is 10.1. The average molecular weight is 284 g/mol. The normalized spacial score (nSPS) is 14.2. The molecule has 0 radical (unpaired) electrons. The van der Waals surface area contributed by atoms with Gasteiger partial charge in [-0.3, -0.25) is 9.59 Å². The summed E-state index contributed by atoms with van der Waals surface area (Å²) in [5.74, 6) is 1.18. The number of benzene rings is 1. The van der Waals surface area contributed by atoms with Crippen molar-refractivity contribution in [3.8, 4) is 0 Å². The molecule has 1 aliphatic rings. The summed E-state index contributed by atoms with van der Waals surface area (Å²) in [6.45, 7) is 2.69. The fourth-order valence-corrected chi connectivity index (χ4v) is 2.76. The molecular weight excluding hydrogens is 270 g/mol. The second kappa shape index (κ2) is 5.76. The molecule has 96 valence electrons. The van der Waals surface area contributed by atoms with Gasteiger partial charge in [0, 0.05) is 11.6 Å². The molecule has 1 aromatic rings. The topological polar surface area (TPSA) is 37.4 Å². The maximum Gasteiger partial charge on any atom is 0.299 e. The smallest absolute Gasteiger partial charge is 0.299 e. The van der Waals surface area contributed by atoms with Gasteiger partial charge in [0.15, 0.2) is 0 Å². The molecule has 0 spiro atoms. The predicted molar refractivity (Wildman–Crippen MR) is 75.8 cm³/mol. The van der Waals surface area contributed by atoms with Crippen molar-refractivity contribution in [2.45, 2.75) is 13.3 Å². The zero-order valence-corrected chi connectivity index (χ0v) is 11.7. The van der Waals surface area contributed by atoms with E-state index in [1.165, 1.54) is 0 Å². The zero-order chi connectivity index (χ0) is 13.1. The van der Waals surface area contributed by atoms with Crippen LogP contribution in [0.4, 0.5) is 5.69 Å². The zero-order valence-electron chi connectivity index (χ0n) is 10.1. The van der Waals surface area contributed by atoms with Crippen molar-refractivity contribution in [1.29, 1.82) is 0 Å². The lowest BCUT2D eigenvalue weighted by Crippen LogP contribution is -2.30. The Morgan fingerprint density at radius 3 is 2.83 bits per heavy atom. The molecule has 0 aromatic heterocycles. The van der Waals surface area contributed by atoms with Gasteiger partial charge in [0.1, 0.15) is 0 Å². The Hall–Kier alpha value is -1.00. The lowest BCUT2D eigenvalue weighted by molar-refractivity contribution is -0.114. The van der Waals surface area contributed by atoms with Crippen molar-refractivity contribution in [3.05, 3.63) is 28.8 Å². The molecule has 18 heavy (non-hydrogen) atoms. The molecule has 2 rings (SSSR count). The van der Waals surface area contributed by atoms with E-state index in [9.17, 15) is 9.59 Å². The quantitative estimate of drug-likeness (QED) is 0.616. The SMILES string of the molecule is CCSCCCN1C(=O)C(=O)c2cc(Cl)ccc21. The minimum absolute atomic E-state index is 0.427. The van der Waals surface area contributed by atoms with Gasteiger partial charge in [-0.15, -0.1) is 0 Å². The maximum absolute atomic E-state index is 11.9. The Balaban J connectivity index is 2.13. The number of carbonyl (C=O) groups excluding carboxylic acids is 2. The van der Waals surface area contributed by atoms with Gasteiger partial charge in [0.25, 0.3) is 11.7 Å². The Bertz CT molecular complexity index is 490. The summed E-state index contributed by atoms with van der Waals surface area (Å²) in [6.07, 6.45) is 0.888. The van der Waals surface area contributed by atoms with Crippen LogP contribution in [0.25, 0.3) is 0 Å². The van der Waals surface area contributed by atoms with Crippen molar-refractivity contribution < 1.29 is 9.59 Å². The fraction of sp³-hybridized carbons (Fsp3) is 0.385. The second-order valence-electron chi connectivity index (χ2n) is 4.00. The fourth-order valence-electron chi connectivity index (χ4n) is 1.96. The van der Waals surface area contributed by atoms with Gasteiger partial charge >= 0.3 is 0 Å². The number of hydrogen-bond donors (Lipinski definition) is 0. The number of thioether (sulfide) groups is 1. The average Bonchev–Trinajstić information content (AvgIpc) is 2.59. The number of carbonyl (C=O) groups is 2. The summed E-state index contributed by atoms with van der Waals surface area (Å²) in [6, 6.07) is 5.02. The van der Waals surface area contributed by atoms with Gasteiger partial charge in [-0.25, -0.2) is 0 Å². The third-order valence-corrected chi connectivity index (χ3v) is 4.03. The molecular formula is C13H14ClNO2S. The van der Waals surface area contributed by atoms with Crippen LogP contribution in [0, 0.1) is 0 Å². The van der Waals surface area contributed by atoms with Crippen molar-refractivity contribution in [2.75, 3.05) is 23.0 Å². The number of hydrogen-bond acceptors (Lipinski definition) is 3. The molecule has 3 nitrogen and oxygen atoms in total. The third kappa shape index (κ3) is 2.54. The highest BCUT2D eigenvalue weighted by atomic mass is 35.5. The van der Waals surface area contributed by atoms with Crippen molar-refractivity contribution in [1.82, 2.24) is 0 Å². The summed E-state index contributed by atoms with van der Waals surface area (Å²) in [7, 11) is 0. The molecule has 1 amide bonds. The van der Waals surface area contributed by atoms with Crippen LogP contribution in [0.5, 0.6) is 0 Å². The summed E-state index contributed by atoms with van der Waals surface area (Å²) in [4.78, 5) is 25.2. The Kier molecular flexibility index (Phi) is 4.30. The number of halogens is 1. The van der Waals surface area contributed by atoms with E-state index in [4.69, 9.17) is 11.6 Å². The van der Waals surface area contributed by atoms with E-state index in [2.05, 4.69) is 6.92 Å². The van der Waals surface area contributed by atoms with Gasteiger partial charge in [0.05, 0.1) is 11.3 Å². The molecule has 0 unspecified atom stereocenters. The lowest BCUT2D eigenvalue weighted by Gasteiger charge is -2.16. The number of rotatable bonds is 5. The van der Waals surface area contributed by atoms with Crippen LogP contribution in [-0.4, -0.2) is 29.7 Å². The number of anilines is 1. The van der Waals surface area contributed by atoms with Crippen LogP contribution >= 0.6 is 23.4 Å². The van der Waals surface area contributed by atoms with Gasteiger partial charge in [-0.2, -0.15) is 11.8 Å². The highest BCUT2D eigenvalue weighted by Gasteiger charge is 2.35. The molecule has 5 heteroatoms. The molecule has 0 saturated carbocycles. The predicted octanol–water partition coefficient (Wildman–Crippen LogP) is 3.01. The number of Topliss-reactive ketones (excluding diaryl/α,β-unsaturated/α-hetero) is 1. The summed E-state index contributed by atoms with van der Waals surface area (Å²) in [5.41, 5.74) is 1.12.